The Balaban J connectivity index is 1.90. The Hall–Kier alpha value is -3.20. The van der Waals surface area contributed by atoms with Crippen molar-refractivity contribution >= 4 is 45.8 Å². The number of halogens is 1. The van der Waals surface area contributed by atoms with Crippen LogP contribution in [-0.2, 0) is 16.3 Å². The van der Waals surface area contributed by atoms with Crippen molar-refractivity contribution in [1.82, 2.24) is 14.5 Å². The maximum absolute atomic E-state index is 12.0. The molecule has 2 aromatic heterocycles. The van der Waals surface area contributed by atoms with Gasteiger partial charge in [-0.05, 0) is 44.5 Å². The topological polar surface area (TPSA) is 112 Å². The van der Waals surface area contributed by atoms with Crippen LogP contribution >= 0.6 is 11.6 Å². The van der Waals surface area contributed by atoms with E-state index in [2.05, 4.69) is 15.3 Å². The zero-order valence-electron chi connectivity index (χ0n) is 15.5. The van der Waals surface area contributed by atoms with Gasteiger partial charge < -0.3 is 10.1 Å². The van der Waals surface area contributed by atoms with Gasteiger partial charge in [0.05, 0.1) is 15.7 Å². The molecule has 0 aliphatic carbocycles. The van der Waals surface area contributed by atoms with E-state index in [-0.39, 0.29) is 23.7 Å². The fourth-order valence-corrected chi connectivity index (χ4v) is 2.58. The van der Waals surface area contributed by atoms with Gasteiger partial charge in [-0.1, -0.05) is 6.07 Å². The van der Waals surface area contributed by atoms with Gasteiger partial charge in [0, 0.05) is 24.0 Å². The molecule has 0 atom stereocenters. The molecule has 0 fully saturated rings. The van der Waals surface area contributed by atoms with E-state index in [1.165, 1.54) is 12.1 Å². The fraction of sp³-hybridized carbons (Fsp3) is 0.278. The number of hydrogen-bond donors (Lipinski definition) is 1. The first-order valence-corrected chi connectivity index (χ1v) is 8.74. The average Bonchev–Trinajstić information content (AvgIpc) is 3.02. The van der Waals surface area contributed by atoms with Gasteiger partial charge in [0.2, 0.25) is 5.28 Å². The average molecular weight is 404 g/mol. The van der Waals surface area contributed by atoms with Crippen molar-refractivity contribution in [2.24, 2.45) is 5.41 Å². The van der Waals surface area contributed by atoms with E-state index in [0.717, 1.165) is 0 Å². The standard InChI is InChI=1S/C18H18ClN5O4/c1-18(2,3)16(25)28-10-23-8-7-13-14(21-17(19)22-15(13)23)20-11-5-4-6-12(9-11)24(26)27/h4-9H,10H2,1-3H3,(H,20,21,22). The van der Waals surface area contributed by atoms with Crippen LogP contribution < -0.4 is 5.32 Å². The minimum Gasteiger partial charge on any atom is -0.443 e. The van der Waals surface area contributed by atoms with E-state index in [1.54, 1.807) is 49.7 Å². The van der Waals surface area contributed by atoms with Crippen molar-refractivity contribution < 1.29 is 14.5 Å². The molecule has 0 aliphatic rings. The van der Waals surface area contributed by atoms with Crippen LogP contribution in [0.1, 0.15) is 20.8 Å². The third kappa shape index (κ3) is 4.20. The van der Waals surface area contributed by atoms with E-state index < -0.39 is 10.3 Å². The monoisotopic (exact) mass is 403 g/mol. The SMILES string of the molecule is CC(C)(C)C(=O)OCn1ccc2c(Nc3cccc([N+](=O)[O-])c3)nc(Cl)nc21. The third-order valence-electron chi connectivity index (χ3n) is 3.86. The maximum atomic E-state index is 12.0. The van der Waals surface area contributed by atoms with Crippen LogP contribution in [0.4, 0.5) is 17.2 Å². The van der Waals surface area contributed by atoms with Gasteiger partial charge in [-0.25, -0.2) is 0 Å². The van der Waals surface area contributed by atoms with Crippen molar-refractivity contribution in [3.05, 3.63) is 51.9 Å². The van der Waals surface area contributed by atoms with Gasteiger partial charge in [0.25, 0.3) is 5.69 Å². The van der Waals surface area contributed by atoms with E-state index in [0.29, 0.717) is 22.5 Å². The summed E-state index contributed by atoms with van der Waals surface area (Å²) in [5.74, 6) is 0.0424. The van der Waals surface area contributed by atoms with E-state index >= 15 is 0 Å². The fourth-order valence-electron chi connectivity index (χ4n) is 2.42. The minimum atomic E-state index is -0.621. The summed E-state index contributed by atoms with van der Waals surface area (Å²) < 4.78 is 6.95. The number of carbonyl (C=O) groups excluding carboxylic acids is 1. The van der Waals surface area contributed by atoms with Crippen molar-refractivity contribution in [3.63, 3.8) is 0 Å². The molecule has 0 saturated heterocycles. The van der Waals surface area contributed by atoms with E-state index in [1.807, 2.05) is 0 Å². The second-order valence-corrected chi connectivity index (χ2v) is 7.45. The van der Waals surface area contributed by atoms with Gasteiger partial charge in [0.1, 0.15) is 11.5 Å². The normalized spacial score (nSPS) is 11.4. The first kappa shape index (κ1) is 19.6. The summed E-state index contributed by atoms with van der Waals surface area (Å²) in [6, 6.07) is 7.78. The summed E-state index contributed by atoms with van der Waals surface area (Å²) >= 11 is 6.04. The van der Waals surface area contributed by atoms with Gasteiger partial charge >= 0.3 is 5.97 Å². The Morgan fingerprint density at radius 2 is 2.07 bits per heavy atom. The van der Waals surface area contributed by atoms with Gasteiger partial charge in [0.15, 0.2) is 6.73 Å². The molecule has 3 rings (SSSR count). The molecule has 146 valence electrons. The summed E-state index contributed by atoms with van der Waals surface area (Å²) in [5, 5.41) is 14.6. The Labute approximate surface area is 165 Å². The lowest BCUT2D eigenvalue weighted by Crippen LogP contribution is -2.23. The molecule has 1 N–H and O–H groups in total. The van der Waals surface area contributed by atoms with Crippen molar-refractivity contribution in [2.45, 2.75) is 27.5 Å². The molecule has 0 radical (unpaired) electrons. The first-order valence-electron chi connectivity index (χ1n) is 8.36. The molecule has 0 bridgehead atoms. The molecular formula is C18H18ClN5O4. The predicted molar refractivity (Wildman–Crippen MR) is 104 cm³/mol. The second-order valence-electron chi connectivity index (χ2n) is 7.11. The summed E-state index contributed by atoms with van der Waals surface area (Å²) in [6.07, 6.45) is 1.70. The number of nitrogens with zero attached hydrogens (tertiary/aromatic N) is 4. The quantitative estimate of drug-likeness (QED) is 0.292. The number of non-ortho nitro benzene ring substituents is 1. The number of nitrogens with one attached hydrogen (secondary N) is 1. The number of carbonyl (C=O) groups is 1. The Kier molecular flexibility index (Phi) is 5.19. The molecule has 10 heteroatoms. The molecule has 9 nitrogen and oxygen atoms in total. The highest BCUT2D eigenvalue weighted by molar-refractivity contribution is 6.28. The number of rotatable bonds is 5. The Morgan fingerprint density at radius 1 is 1.32 bits per heavy atom. The Morgan fingerprint density at radius 3 is 2.75 bits per heavy atom. The van der Waals surface area contributed by atoms with Gasteiger partial charge in [-0.2, -0.15) is 9.97 Å². The third-order valence-corrected chi connectivity index (χ3v) is 4.03. The van der Waals surface area contributed by atoms with E-state index in [4.69, 9.17) is 16.3 Å². The highest BCUT2D eigenvalue weighted by atomic mass is 35.5. The lowest BCUT2D eigenvalue weighted by Gasteiger charge is -2.17. The van der Waals surface area contributed by atoms with Gasteiger partial charge in [-0.3, -0.25) is 19.5 Å². The molecule has 28 heavy (non-hydrogen) atoms. The van der Waals surface area contributed by atoms with Crippen molar-refractivity contribution in [1.29, 1.82) is 0 Å². The van der Waals surface area contributed by atoms with Crippen LogP contribution in [0, 0.1) is 15.5 Å². The number of benzene rings is 1. The second kappa shape index (κ2) is 7.43. The van der Waals surface area contributed by atoms with Crippen LogP contribution in [0.15, 0.2) is 36.5 Å². The number of nitro groups is 1. The zero-order valence-corrected chi connectivity index (χ0v) is 16.2. The molecule has 0 unspecified atom stereocenters. The lowest BCUT2D eigenvalue weighted by atomic mass is 9.98. The molecule has 0 saturated carbocycles. The molecule has 0 spiro atoms. The van der Waals surface area contributed by atoms with Crippen LogP contribution in [0.3, 0.4) is 0 Å². The Bertz CT molecular complexity index is 1060. The molecule has 0 aliphatic heterocycles. The number of anilines is 2. The number of esters is 1. The van der Waals surface area contributed by atoms with Crippen molar-refractivity contribution in [2.75, 3.05) is 5.32 Å². The number of hydrogen-bond acceptors (Lipinski definition) is 7. The smallest absolute Gasteiger partial charge is 0.312 e. The lowest BCUT2D eigenvalue weighted by molar-refractivity contribution is -0.384. The zero-order chi connectivity index (χ0) is 20.5. The summed E-state index contributed by atoms with van der Waals surface area (Å²) in [4.78, 5) is 30.8. The van der Waals surface area contributed by atoms with Crippen LogP contribution in [0.2, 0.25) is 5.28 Å². The van der Waals surface area contributed by atoms with Crippen LogP contribution in [0.25, 0.3) is 11.0 Å². The number of ether oxygens (including phenoxy) is 1. The highest BCUT2D eigenvalue weighted by Crippen LogP contribution is 2.28. The minimum absolute atomic E-state index is 0.0115. The highest BCUT2D eigenvalue weighted by Gasteiger charge is 2.23. The van der Waals surface area contributed by atoms with Crippen LogP contribution in [0.5, 0.6) is 0 Å². The molecule has 3 aromatic rings. The number of nitro benzene ring substituents is 1. The summed E-state index contributed by atoms with van der Waals surface area (Å²) in [6.45, 7) is 5.28. The molecular weight excluding hydrogens is 386 g/mol. The number of aromatic nitrogens is 3. The molecule has 1 aromatic carbocycles. The van der Waals surface area contributed by atoms with Gasteiger partial charge in [-0.15, -0.1) is 0 Å². The largest absolute Gasteiger partial charge is 0.443 e. The van der Waals surface area contributed by atoms with E-state index in [9.17, 15) is 14.9 Å². The van der Waals surface area contributed by atoms with Crippen molar-refractivity contribution in [3.8, 4) is 0 Å². The summed E-state index contributed by atoms with van der Waals surface area (Å²) in [7, 11) is 0. The first-order chi connectivity index (χ1) is 13.1. The molecule has 0 amide bonds. The van der Waals surface area contributed by atoms with Crippen LogP contribution in [-0.4, -0.2) is 25.4 Å². The predicted octanol–water partition coefficient (Wildman–Crippen LogP) is 4.28. The maximum Gasteiger partial charge on any atom is 0.312 e. The molecule has 2 heterocycles. The summed E-state index contributed by atoms with van der Waals surface area (Å²) in [5.41, 5.74) is 0.282. The number of fused-ring (bicyclic) bond motifs is 1.